The summed E-state index contributed by atoms with van der Waals surface area (Å²) in [7, 11) is 3.33. The molecule has 0 aliphatic heterocycles. The SMILES string of the molecule is COc1cc([N+](=O)[O-])ccc1NC(=O)C[NH+](C)Cc1ccc(Br)cc1. The summed E-state index contributed by atoms with van der Waals surface area (Å²) in [5.41, 5.74) is 1.45. The number of hydrogen-bond acceptors (Lipinski definition) is 4. The van der Waals surface area contributed by atoms with E-state index < -0.39 is 4.92 Å². The number of carbonyl (C=O) groups excluding carboxylic acids is 1. The number of anilines is 1. The molecular weight excluding hydrogens is 390 g/mol. The van der Waals surface area contributed by atoms with E-state index in [-0.39, 0.29) is 23.9 Å². The van der Waals surface area contributed by atoms with Gasteiger partial charge in [-0.05, 0) is 18.2 Å². The molecule has 25 heavy (non-hydrogen) atoms. The number of rotatable bonds is 7. The van der Waals surface area contributed by atoms with Gasteiger partial charge in [-0.2, -0.15) is 0 Å². The van der Waals surface area contributed by atoms with Crippen molar-refractivity contribution in [2.75, 3.05) is 26.0 Å². The Labute approximate surface area is 153 Å². The van der Waals surface area contributed by atoms with Gasteiger partial charge in [0.25, 0.3) is 11.6 Å². The molecule has 0 saturated heterocycles. The fraction of sp³-hybridized carbons (Fsp3) is 0.235. The molecule has 1 unspecified atom stereocenters. The largest absolute Gasteiger partial charge is 0.494 e. The lowest BCUT2D eigenvalue weighted by atomic mass is 10.2. The second-order valence-corrected chi connectivity index (χ2v) is 6.54. The van der Waals surface area contributed by atoms with E-state index in [4.69, 9.17) is 4.74 Å². The van der Waals surface area contributed by atoms with E-state index in [0.717, 1.165) is 14.9 Å². The van der Waals surface area contributed by atoms with E-state index in [1.54, 1.807) is 0 Å². The lowest BCUT2D eigenvalue weighted by Crippen LogP contribution is -3.08. The van der Waals surface area contributed by atoms with Crippen molar-refractivity contribution in [2.45, 2.75) is 6.54 Å². The monoisotopic (exact) mass is 408 g/mol. The number of non-ortho nitro benzene ring substituents is 1. The normalized spacial score (nSPS) is 11.6. The highest BCUT2D eigenvalue weighted by molar-refractivity contribution is 9.10. The molecule has 2 aromatic carbocycles. The van der Waals surface area contributed by atoms with Crippen LogP contribution in [0, 0.1) is 10.1 Å². The zero-order valence-electron chi connectivity index (χ0n) is 13.9. The molecule has 2 aromatic rings. The van der Waals surface area contributed by atoms with Gasteiger partial charge < -0.3 is 15.0 Å². The summed E-state index contributed by atoms with van der Waals surface area (Å²) in [6.45, 7) is 0.967. The third-order valence-corrected chi connectivity index (χ3v) is 4.08. The number of carbonyl (C=O) groups is 1. The Kier molecular flexibility index (Phi) is 6.49. The van der Waals surface area contributed by atoms with Crippen LogP contribution in [-0.4, -0.2) is 31.5 Å². The second kappa shape index (κ2) is 8.59. The highest BCUT2D eigenvalue weighted by atomic mass is 79.9. The maximum absolute atomic E-state index is 12.2. The van der Waals surface area contributed by atoms with Crippen LogP contribution in [0.5, 0.6) is 5.75 Å². The molecule has 1 amide bonds. The molecule has 0 radical (unpaired) electrons. The molecule has 2 rings (SSSR count). The number of nitrogens with zero attached hydrogens (tertiary/aromatic N) is 1. The van der Waals surface area contributed by atoms with Gasteiger partial charge in [0, 0.05) is 16.1 Å². The van der Waals surface area contributed by atoms with E-state index >= 15 is 0 Å². The first-order chi connectivity index (χ1) is 11.9. The molecule has 0 aliphatic carbocycles. The van der Waals surface area contributed by atoms with Gasteiger partial charge in [0.15, 0.2) is 6.54 Å². The Bertz CT molecular complexity index is 765. The number of halogens is 1. The highest BCUT2D eigenvalue weighted by Crippen LogP contribution is 2.28. The van der Waals surface area contributed by atoms with Crippen molar-refractivity contribution in [3.8, 4) is 5.75 Å². The molecule has 0 spiro atoms. The number of nitro benzene ring substituents is 1. The van der Waals surface area contributed by atoms with Gasteiger partial charge in [-0.1, -0.05) is 28.1 Å². The van der Waals surface area contributed by atoms with Crippen molar-refractivity contribution in [2.24, 2.45) is 0 Å². The van der Waals surface area contributed by atoms with E-state index in [1.807, 2.05) is 31.3 Å². The van der Waals surface area contributed by atoms with Gasteiger partial charge in [0.2, 0.25) is 0 Å². The summed E-state index contributed by atoms with van der Waals surface area (Å²) < 4.78 is 6.13. The molecular formula is C17H19BrN3O4+. The van der Waals surface area contributed by atoms with Gasteiger partial charge in [-0.3, -0.25) is 14.9 Å². The number of benzene rings is 2. The first kappa shape index (κ1) is 18.9. The number of ether oxygens (including phenoxy) is 1. The van der Waals surface area contributed by atoms with Crippen molar-refractivity contribution in [1.29, 1.82) is 0 Å². The van der Waals surface area contributed by atoms with Crippen LogP contribution in [0.4, 0.5) is 11.4 Å². The van der Waals surface area contributed by atoms with Crippen molar-refractivity contribution in [3.63, 3.8) is 0 Å². The average Bonchev–Trinajstić information content (AvgIpc) is 2.56. The smallest absolute Gasteiger partial charge is 0.279 e. The van der Waals surface area contributed by atoms with E-state index in [0.29, 0.717) is 12.2 Å². The molecule has 0 saturated carbocycles. The minimum Gasteiger partial charge on any atom is -0.494 e. The van der Waals surface area contributed by atoms with Crippen molar-refractivity contribution in [1.82, 2.24) is 0 Å². The third-order valence-electron chi connectivity index (χ3n) is 3.55. The molecule has 0 aromatic heterocycles. The number of nitrogens with one attached hydrogen (secondary N) is 2. The van der Waals surface area contributed by atoms with Gasteiger partial charge in [0.1, 0.15) is 12.3 Å². The minimum atomic E-state index is -0.510. The van der Waals surface area contributed by atoms with Gasteiger partial charge >= 0.3 is 0 Å². The minimum absolute atomic E-state index is 0.0900. The predicted octanol–water partition coefficient (Wildman–Crippen LogP) is 2.02. The summed E-state index contributed by atoms with van der Waals surface area (Å²) in [4.78, 5) is 23.5. The molecule has 0 fully saturated rings. The summed E-state index contributed by atoms with van der Waals surface area (Å²) in [6.07, 6.45) is 0. The topological polar surface area (TPSA) is 85.9 Å². The molecule has 132 valence electrons. The number of amides is 1. The molecule has 2 N–H and O–H groups in total. The summed E-state index contributed by atoms with van der Waals surface area (Å²) in [5, 5.41) is 13.5. The van der Waals surface area contributed by atoms with E-state index in [2.05, 4.69) is 21.2 Å². The standard InChI is InChI=1S/C17H18BrN3O4/c1-20(10-12-3-5-13(18)6-4-12)11-17(22)19-15-8-7-14(21(23)24)9-16(15)25-2/h3-9H,10-11H2,1-2H3,(H,19,22)/p+1. The number of quaternary nitrogens is 1. The number of hydrogen-bond donors (Lipinski definition) is 2. The van der Waals surface area contributed by atoms with Crippen LogP contribution in [0.25, 0.3) is 0 Å². The zero-order valence-corrected chi connectivity index (χ0v) is 15.5. The third kappa shape index (κ3) is 5.54. The van der Waals surface area contributed by atoms with Crippen LogP contribution in [0.3, 0.4) is 0 Å². The molecule has 1 atom stereocenters. The number of nitro groups is 1. The quantitative estimate of drug-likeness (QED) is 0.541. The fourth-order valence-corrected chi connectivity index (χ4v) is 2.64. The van der Waals surface area contributed by atoms with E-state index in [9.17, 15) is 14.9 Å². The van der Waals surface area contributed by atoms with Gasteiger partial charge in [-0.15, -0.1) is 0 Å². The van der Waals surface area contributed by atoms with Crippen LogP contribution in [0.1, 0.15) is 5.56 Å². The highest BCUT2D eigenvalue weighted by Gasteiger charge is 2.16. The fourth-order valence-electron chi connectivity index (χ4n) is 2.38. The zero-order chi connectivity index (χ0) is 18.4. The van der Waals surface area contributed by atoms with Crippen molar-refractivity contribution >= 4 is 33.2 Å². The van der Waals surface area contributed by atoms with Crippen LogP contribution >= 0.6 is 15.9 Å². The van der Waals surface area contributed by atoms with Crippen LogP contribution in [0.2, 0.25) is 0 Å². The lowest BCUT2D eigenvalue weighted by molar-refractivity contribution is -0.885. The van der Waals surface area contributed by atoms with Gasteiger partial charge in [0.05, 0.1) is 30.8 Å². The summed E-state index contributed by atoms with van der Waals surface area (Å²) in [6, 6.07) is 12.0. The first-order valence-electron chi connectivity index (χ1n) is 7.57. The Morgan fingerprint density at radius 3 is 2.56 bits per heavy atom. The van der Waals surface area contributed by atoms with E-state index in [1.165, 1.54) is 25.3 Å². The van der Waals surface area contributed by atoms with Crippen LogP contribution in [-0.2, 0) is 11.3 Å². The Balaban J connectivity index is 1.97. The predicted molar refractivity (Wildman–Crippen MR) is 97.9 cm³/mol. The lowest BCUT2D eigenvalue weighted by Gasteiger charge is -2.15. The Morgan fingerprint density at radius 2 is 1.96 bits per heavy atom. The van der Waals surface area contributed by atoms with Crippen molar-refractivity contribution in [3.05, 3.63) is 62.6 Å². The average molecular weight is 409 g/mol. The molecule has 0 aliphatic rings. The van der Waals surface area contributed by atoms with Crippen LogP contribution < -0.4 is 15.0 Å². The molecule has 7 nitrogen and oxygen atoms in total. The number of methoxy groups -OCH3 is 1. The number of likely N-dealkylation sites (N-methyl/N-ethyl adjacent to an activating group) is 1. The summed E-state index contributed by atoms with van der Waals surface area (Å²) >= 11 is 3.39. The maximum Gasteiger partial charge on any atom is 0.279 e. The Morgan fingerprint density at radius 1 is 1.28 bits per heavy atom. The van der Waals surface area contributed by atoms with Crippen LogP contribution in [0.15, 0.2) is 46.9 Å². The Hall–Kier alpha value is -2.45. The summed E-state index contributed by atoms with van der Waals surface area (Å²) in [5.74, 6) is 0.0647. The maximum atomic E-state index is 12.2. The second-order valence-electron chi connectivity index (χ2n) is 5.63. The first-order valence-corrected chi connectivity index (χ1v) is 8.36. The molecule has 0 heterocycles. The molecule has 0 bridgehead atoms. The van der Waals surface area contributed by atoms with Crippen molar-refractivity contribution < 1.29 is 19.4 Å². The van der Waals surface area contributed by atoms with Gasteiger partial charge in [-0.25, -0.2) is 0 Å². The molecule has 8 heteroatoms.